The third-order valence-corrected chi connectivity index (χ3v) is 5.48. The van der Waals surface area contributed by atoms with E-state index in [-0.39, 0.29) is 36.0 Å². The van der Waals surface area contributed by atoms with Crippen LogP contribution in [0.5, 0.6) is 0 Å². The smallest absolute Gasteiger partial charge is 0.338 e. The Labute approximate surface area is 160 Å². The second kappa shape index (κ2) is 9.18. The minimum Gasteiger partial charge on any atom is -0.462 e. The normalized spacial score (nSPS) is 28.1. The Morgan fingerprint density at radius 1 is 1.33 bits per heavy atom. The number of carbonyl (C=O) groups is 2. The van der Waals surface area contributed by atoms with Gasteiger partial charge in [-0.15, -0.1) is 0 Å². The molecule has 0 unspecified atom stereocenters. The molecule has 3 rings (SSSR count). The maximum Gasteiger partial charge on any atom is 0.338 e. The minimum absolute atomic E-state index is 0.00478. The maximum atomic E-state index is 12.4. The van der Waals surface area contributed by atoms with Gasteiger partial charge in [0, 0.05) is 18.3 Å². The number of hydrogen-bond acceptors (Lipinski definition) is 5. The lowest BCUT2D eigenvalue weighted by atomic mass is 9.91. The third-order valence-electron chi connectivity index (χ3n) is 5.48. The second-order valence-electron chi connectivity index (χ2n) is 7.47. The quantitative estimate of drug-likeness (QED) is 0.428. The summed E-state index contributed by atoms with van der Waals surface area (Å²) in [6.45, 7) is 2.13. The van der Waals surface area contributed by atoms with Crippen molar-refractivity contribution in [3.8, 4) is 0 Å². The molecule has 1 aliphatic heterocycles. The number of unbranched alkanes of at least 4 members (excludes halogenated alkanes) is 2. The lowest BCUT2D eigenvalue weighted by Crippen LogP contribution is -2.25. The van der Waals surface area contributed by atoms with Crippen LogP contribution in [0.1, 0.15) is 55.8 Å². The number of hydrogen-bond donors (Lipinski definition) is 1. The average molecular weight is 372 g/mol. The highest BCUT2D eigenvalue weighted by molar-refractivity contribution is 5.89. The van der Waals surface area contributed by atoms with Gasteiger partial charge >= 0.3 is 11.9 Å². The number of ether oxygens (including phenoxy) is 2. The molecule has 5 atom stereocenters. The van der Waals surface area contributed by atoms with E-state index in [1.165, 1.54) is 0 Å². The zero-order valence-electron chi connectivity index (χ0n) is 15.8. The Bertz CT molecular complexity index is 669. The van der Waals surface area contributed by atoms with Gasteiger partial charge in [0.1, 0.15) is 12.2 Å². The molecule has 1 N–H and O–H groups in total. The predicted octanol–water partition coefficient (Wildman–Crippen LogP) is 3.66. The summed E-state index contributed by atoms with van der Waals surface area (Å²) in [5.41, 5.74) is 0.508. The Balaban J connectivity index is 1.66. The molecule has 5 heteroatoms. The summed E-state index contributed by atoms with van der Waals surface area (Å²) in [7, 11) is 0. The summed E-state index contributed by atoms with van der Waals surface area (Å²) in [6, 6.07) is 8.89. The SMILES string of the molecule is CCCCC[C@H](O)C=C[C@H]1[C@H]2CC(=O)O[C@H]2C[C@H]1OC(=O)c1ccccc1. The number of fused-ring (bicyclic) bond motifs is 1. The van der Waals surface area contributed by atoms with Crippen molar-refractivity contribution in [3.05, 3.63) is 48.0 Å². The van der Waals surface area contributed by atoms with E-state index in [1.807, 2.05) is 12.1 Å². The van der Waals surface area contributed by atoms with Crippen LogP contribution < -0.4 is 0 Å². The summed E-state index contributed by atoms with van der Waals surface area (Å²) in [5.74, 6) is -0.673. The highest BCUT2D eigenvalue weighted by Gasteiger charge is 2.50. The van der Waals surface area contributed by atoms with Crippen molar-refractivity contribution in [2.75, 3.05) is 0 Å². The standard InChI is InChI=1S/C22H28O5/c1-2-3-5-10-16(23)11-12-17-18-13-21(24)26-20(18)14-19(17)27-22(25)15-8-6-4-7-9-15/h4,6-9,11-12,16-20,23H,2-3,5,10,13-14H2,1H3/t16-,17-,18+,19+,20-/m0/s1. The van der Waals surface area contributed by atoms with E-state index in [2.05, 4.69) is 6.92 Å². The Hall–Kier alpha value is -2.14. The van der Waals surface area contributed by atoms with Crippen LogP contribution in [0, 0.1) is 11.8 Å². The van der Waals surface area contributed by atoms with Crippen LogP contribution in [0.4, 0.5) is 0 Å². The van der Waals surface area contributed by atoms with Crippen molar-refractivity contribution in [1.29, 1.82) is 0 Å². The Morgan fingerprint density at radius 3 is 2.85 bits per heavy atom. The van der Waals surface area contributed by atoms with Crippen LogP contribution in [0.15, 0.2) is 42.5 Å². The number of esters is 2. The second-order valence-corrected chi connectivity index (χ2v) is 7.47. The fourth-order valence-corrected chi connectivity index (χ4v) is 4.03. The van der Waals surface area contributed by atoms with Gasteiger partial charge in [-0.3, -0.25) is 4.79 Å². The molecule has 1 aliphatic carbocycles. The number of carbonyl (C=O) groups excluding carboxylic acids is 2. The van der Waals surface area contributed by atoms with Gasteiger partial charge in [-0.2, -0.15) is 0 Å². The molecule has 27 heavy (non-hydrogen) atoms. The molecular weight excluding hydrogens is 344 g/mol. The monoisotopic (exact) mass is 372 g/mol. The van der Waals surface area contributed by atoms with Crippen LogP contribution in [0.3, 0.4) is 0 Å². The summed E-state index contributed by atoms with van der Waals surface area (Å²) < 4.78 is 11.1. The van der Waals surface area contributed by atoms with Crippen molar-refractivity contribution in [1.82, 2.24) is 0 Å². The zero-order chi connectivity index (χ0) is 19.2. The Morgan fingerprint density at radius 2 is 2.11 bits per heavy atom. The summed E-state index contributed by atoms with van der Waals surface area (Å²) >= 11 is 0. The van der Waals surface area contributed by atoms with Crippen molar-refractivity contribution < 1.29 is 24.2 Å². The molecule has 1 saturated carbocycles. The summed E-state index contributed by atoms with van der Waals surface area (Å²) in [6.07, 6.45) is 7.39. The molecule has 0 aromatic heterocycles. The molecule has 1 saturated heterocycles. The number of aliphatic hydroxyl groups is 1. The molecule has 1 aromatic carbocycles. The molecule has 0 bridgehead atoms. The van der Waals surface area contributed by atoms with Gasteiger partial charge in [-0.1, -0.05) is 56.5 Å². The van der Waals surface area contributed by atoms with Crippen LogP contribution in [0.25, 0.3) is 0 Å². The molecule has 1 aromatic rings. The van der Waals surface area contributed by atoms with Crippen LogP contribution >= 0.6 is 0 Å². The van der Waals surface area contributed by atoms with Crippen LogP contribution in [-0.4, -0.2) is 35.4 Å². The molecule has 0 amide bonds. The van der Waals surface area contributed by atoms with Gasteiger partial charge in [0.25, 0.3) is 0 Å². The van der Waals surface area contributed by atoms with Gasteiger partial charge in [0.2, 0.25) is 0 Å². The first-order valence-electron chi connectivity index (χ1n) is 9.90. The van der Waals surface area contributed by atoms with Crippen molar-refractivity contribution >= 4 is 11.9 Å². The van der Waals surface area contributed by atoms with Gasteiger partial charge in [0.05, 0.1) is 18.1 Å². The van der Waals surface area contributed by atoms with Crippen molar-refractivity contribution in [3.63, 3.8) is 0 Å². The number of rotatable bonds is 8. The molecular formula is C22H28O5. The van der Waals surface area contributed by atoms with Crippen molar-refractivity contribution in [2.24, 2.45) is 11.8 Å². The lowest BCUT2D eigenvalue weighted by molar-refractivity contribution is -0.141. The molecule has 146 valence electrons. The molecule has 2 fully saturated rings. The van der Waals surface area contributed by atoms with Crippen LogP contribution in [-0.2, 0) is 14.3 Å². The molecule has 2 aliphatic rings. The van der Waals surface area contributed by atoms with E-state index < -0.39 is 6.10 Å². The average Bonchev–Trinajstić information content (AvgIpc) is 3.16. The Kier molecular flexibility index (Phi) is 6.67. The first-order chi connectivity index (χ1) is 13.1. The molecule has 0 radical (unpaired) electrons. The van der Waals surface area contributed by atoms with Gasteiger partial charge in [-0.25, -0.2) is 4.79 Å². The lowest BCUT2D eigenvalue weighted by Gasteiger charge is -2.20. The molecule has 0 spiro atoms. The highest BCUT2D eigenvalue weighted by atomic mass is 16.6. The van der Waals surface area contributed by atoms with E-state index >= 15 is 0 Å². The summed E-state index contributed by atoms with van der Waals surface area (Å²) in [5, 5.41) is 10.2. The maximum absolute atomic E-state index is 12.4. The molecule has 5 nitrogen and oxygen atoms in total. The highest BCUT2D eigenvalue weighted by Crippen LogP contribution is 2.43. The molecule has 1 heterocycles. The fourth-order valence-electron chi connectivity index (χ4n) is 4.03. The number of aliphatic hydroxyl groups excluding tert-OH is 1. The fraction of sp³-hybridized carbons (Fsp3) is 0.545. The topological polar surface area (TPSA) is 72.8 Å². The van der Waals surface area contributed by atoms with E-state index in [9.17, 15) is 14.7 Å². The van der Waals surface area contributed by atoms with Gasteiger partial charge < -0.3 is 14.6 Å². The third kappa shape index (κ3) is 4.98. The van der Waals surface area contributed by atoms with Crippen molar-refractivity contribution in [2.45, 2.75) is 63.8 Å². The van der Waals surface area contributed by atoms with Crippen LogP contribution in [0.2, 0.25) is 0 Å². The first kappa shape index (κ1) is 19.6. The summed E-state index contributed by atoms with van der Waals surface area (Å²) in [4.78, 5) is 24.1. The van der Waals surface area contributed by atoms with E-state index in [4.69, 9.17) is 9.47 Å². The minimum atomic E-state index is -0.515. The largest absolute Gasteiger partial charge is 0.462 e. The van der Waals surface area contributed by atoms with Gasteiger partial charge in [0.15, 0.2) is 0 Å². The van der Waals surface area contributed by atoms with E-state index in [0.717, 1.165) is 25.7 Å². The first-order valence-corrected chi connectivity index (χ1v) is 9.90. The van der Waals surface area contributed by atoms with E-state index in [0.29, 0.717) is 18.4 Å². The van der Waals surface area contributed by atoms with E-state index in [1.54, 1.807) is 30.3 Å². The van der Waals surface area contributed by atoms with Gasteiger partial charge in [-0.05, 0) is 18.6 Å². The number of benzene rings is 1. The predicted molar refractivity (Wildman–Crippen MR) is 101 cm³/mol. The zero-order valence-corrected chi connectivity index (χ0v) is 15.8.